The van der Waals surface area contributed by atoms with Crippen LogP contribution in [0.1, 0.15) is 25.8 Å². The minimum absolute atomic E-state index is 0.165. The van der Waals surface area contributed by atoms with Crippen LogP contribution in [-0.2, 0) is 22.7 Å². The van der Waals surface area contributed by atoms with Crippen molar-refractivity contribution in [3.8, 4) is 0 Å². The summed E-state index contributed by atoms with van der Waals surface area (Å²) in [5.74, 6) is -0.165. The molecule has 1 N–H and O–H groups in total. The molecule has 0 fully saturated rings. The highest BCUT2D eigenvalue weighted by Gasteiger charge is 2.14. The van der Waals surface area contributed by atoms with Crippen molar-refractivity contribution >= 4 is 11.6 Å². The molecule has 0 saturated carbocycles. The van der Waals surface area contributed by atoms with Crippen LogP contribution in [0.15, 0.2) is 42.7 Å². The first-order chi connectivity index (χ1) is 10.2. The van der Waals surface area contributed by atoms with Gasteiger partial charge in [0.05, 0.1) is 18.5 Å². The second kappa shape index (κ2) is 7.59. The Morgan fingerprint density at radius 3 is 2.86 bits per heavy atom. The average molecular weight is 287 g/mol. The number of nitrogens with zero attached hydrogens (tertiary/aromatic N) is 2. The molecule has 0 saturated heterocycles. The fourth-order valence-corrected chi connectivity index (χ4v) is 1.89. The van der Waals surface area contributed by atoms with Gasteiger partial charge in [-0.05, 0) is 18.9 Å². The third-order valence-corrected chi connectivity index (χ3v) is 3.07. The molecule has 5 nitrogen and oxygen atoms in total. The van der Waals surface area contributed by atoms with Gasteiger partial charge >= 0.3 is 0 Å². The molecule has 2 rings (SSSR count). The zero-order valence-electron chi connectivity index (χ0n) is 12.5. The van der Waals surface area contributed by atoms with E-state index in [1.165, 1.54) is 0 Å². The van der Waals surface area contributed by atoms with Crippen molar-refractivity contribution in [1.82, 2.24) is 9.78 Å². The maximum absolute atomic E-state index is 12.0. The molecule has 0 unspecified atom stereocenters. The number of carbonyl (C=O) groups excluding carboxylic acids is 1. The maximum Gasteiger partial charge on any atom is 0.253 e. The van der Waals surface area contributed by atoms with Crippen LogP contribution in [0.25, 0.3) is 0 Å². The number of hydrogen-bond donors (Lipinski definition) is 1. The Labute approximate surface area is 124 Å². The van der Waals surface area contributed by atoms with E-state index in [1.54, 1.807) is 13.1 Å². The molecular formula is C16H21N3O2. The first-order valence-corrected chi connectivity index (χ1v) is 7.18. The maximum atomic E-state index is 12.0. The summed E-state index contributed by atoms with van der Waals surface area (Å²) >= 11 is 0. The molecule has 0 spiro atoms. The molecule has 1 atom stereocenters. The van der Waals surface area contributed by atoms with E-state index in [9.17, 15) is 4.79 Å². The van der Waals surface area contributed by atoms with Crippen molar-refractivity contribution in [2.75, 3.05) is 5.32 Å². The number of benzene rings is 1. The fourth-order valence-electron chi connectivity index (χ4n) is 1.89. The monoisotopic (exact) mass is 287 g/mol. The Hall–Kier alpha value is -2.14. The smallest absolute Gasteiger partial charge is 0.253 e. The predicted molar refractivity (Wildman–Crippen MR) is 81.8 cm³/mol. The van der Waals surface area contributed by atoms with Gasteiger partial charge in [0.2, 0.25) is 0 Å². The lowest BCUT2D eigenvalue weighted by molar-refractivity contribution is -0.127. The van der Waals surface area contributed by atoms with Crippen molar-refractivity contribution in [2.45, 2.75) is 39.5 Å². The van der Waals surface area contributed by atoms with E-state index in [0.717, 1.165) is 18.5 Å². The number of hydrogen-bond acceptors (Lipinski definition) is 3. The number of ether oxygens (including phenoxy) is 1. The number of aryl methyl sites for hydroxylation is 1. The third-order valence-electron chi connectivity index (χ3n) is 3.07. The van der Waals surface area contributed by atoms with E-state index < -0.39 is 6.10 Å². The molecule has 1 heterocycles. The minimum atomic E-state index is -0.514. The number of carbonyl (C=O) groups is 1. The van der Waals surface area contributed by atoms with Crippen LogP contribution in [0.4, 0.5) is 5.69 Å². The first kappa shape index (κ1) is 15.3. The number of aromatic nitrogens is 2. The van der Waals surface area contributed by atoms with E-state index in [-0.39, 0.29) is 5.91 Å². The molecule has 1 aromatic heterocycles. The van der Waals surface area contributed by atoms with E-state index in [4.69, 9.17) is 4.74 Å². The Bertz CT molecular complexity index is 566. The van der Waals surface area contributed by atoms with Gasteiger partial charge in [-0.3, -0.25) is 9.48 Å². The highest BCUT2D eigenvalue weighted by molar-refractivity contribution is 5.93. The lowest BCUT2D eigenvalue weighted by Gasteiger charge is -2.12. The predicted octanol–water partition coefficient (Wildman–Crippen LogP) is 2.84. The lowest BCUT2D eigenvalue weighted by atomic mass is 10.2. The first-order valence-electron chi connectivity index (χ1n) is 7.18. The Morgan fingerprint density at radius 2 is 2.14 bits per heavy atom. The van der Waals surface area contributed by atoms with Crippen molar-refractivity contribution in [2.24, 2.45) is 0 Å². The van der Waals surface area contributed by atoms with Gasteiger partial charge < -0.3 is 10.1 Å². The summed E-state index contributed by atoms with van der Waals surface area (Å²) in [6.07, 6.45) is 3.97. The molecule has 2 aromatic rings. The second-order valence-electron chi connectivity index (χ2n) is 4.92. The molecule has 1 amide bonds. The number of rotatable bonds is 7. The quantitative estimate of drug-likeness (QED) is 0.852. The van der Waals surface area contributed by atoms with Crippen LogP contribution >= 0.6 is 0 Å². The summed E-state index contributed by atoms with van der Waals surface area (Å²) in [5.41, 5.74) is 1.75. The van der Waals surface area contributed by atoms with Gasteiger partial charge in [-0.15, -0.1) is 0 Å². The molecule has 112 valence electrons. The highest BCUT2D eigenvalue weighted by atomic mass is 16.5. The zero-order chi connectivity index (χ0) is 15.1. The standard InChI is InChI=1S/C16H21N3O2/c1-3-9-19-11-15(10-17-19)18-16(20)13(2)21-12-14-7-5-4-6-8-14/h4-8,10-11,13H,3,9,12H2,1-2H3,(H,18,20)/t13-/m0/s1. The minimum Gasteiger partial charge on any atom is -0.364 e. The molecule has 0 aliphatic rings. The van der Waals surface area contributed by atoms with E-state index in [0.29, 0.717) is 12.3 Å². The van der Waals surface area contributed by atoms with Crippen molar-refractivity contribution < 1.29 is 9.53 Å². The summed E-state index contributed by atoms with van der Waals surface area (Å²) in [7, 11) is 0. The summed E-state index contributed by atoms with van der Waals surface area (Å²) in [5, 5.41) is 6.98. The molecule has 0 aliphatic heterocycles. The summed E-state index contributed by atoms with van der Waals surface area (Å²) in [6.45, 7) is 5.09. The number of anilines is 1. The second-order valence-corrected chi connectivity index (χ2v) is 4.92. The topological polar surface area (TPSA) is 56.2 Å². The number of nitrogens with one attached hydrogen (secondary N) is 1. The van der Waals surface area contributed by atoms with Gasteiger partial charge in [0, 0.05) is 12.7 Å². The molecule has 0 aliphatic carbocycles. The van der Waals surface area contributed by atoms with Crippen LogP contribution in [0.5, 0.6) is 0 Å². The molecule has 5 heteroatoms. The van der Waals surface area contributed by atoms with E-state index >= 15 is 0 Å². The summed E-state index contributed by atoms with van der Waals surface area (Å²) < 4.78 is 7.39. The van der Waals surface area contributed by atoms with Gasteiger partial charge in [-0.1, -0.05) is 37.3 Å². The van der Waals surface area contributed by atoms with Crippen molar-refractivity contribution in [3.63, 3.8) is 0 Å². The number of amides is 1. The van der Waals surface area contributed by atoms with Gasteiger partial charge in [0.25, 0.3) is 5.91 Å². The largest absolute Gasteiger partial charge is 0.364 e. The molecule has 1 aromatic carbocycles. The molecular weight excluding hydrogens is 266 g/mol. The fraction of sp³-hybridized carbons (Fsp3) is 0.375. The molecule has 0 bridgehead atoms. The SMILES string of the molecule is CCCn1cc(NC(=O)[C@H](C)OCc2ccccc2)cn1. The van der Waals surface area contributed by atoms with Gasteiger partial charge in [-0.25, -0.2) is 0 Å². The third kappa shape index (κ3) is 4.72. The summed E-state index contributed by atoms with van der Waals surface area (Å²) in [6, 6.07) is 9.80. The van der Waals surface area contributed by atoms with Crippen LogP contribution in [0.2, 0.25) is 0 Å². The normalized spacial score (nSPS) is 12.1. The van der Waals surface area contributed by atoms with Crippen LogP contribution < -0.4 is 5.32 Å². The van der Waals surface area contributed by atoms with Crippen LogP contribution in [0.3, 0.4) is 0 Å². The van der Waals surface area contributed by atoms with Gasteiger partial charge in [0.15, 0.2) is 0 Å². The van der Waals surface area contributed by atoms with E-state index in [1.807, 2.05) is 41.2 Å². The summed E-state index contributed by atoms with van der Waals surface area (Å²) in [4.78, 5) is 12.0. The molecule has 0 radical (unpaired) electrons. The van der Waals surface area contributed by atoms with Crippen molar-refractivity contribution in [3.05, 3.63) is 48.3 Å². The Morgan fingerprint density at radius 1 is 1.38 bits per heavy atom. The average Bonchev–Trinajstić information content (AvgIpc) is 2.93. The molecule has 21 heavy (non-hydrogen) atoms. The van der Waals surface area contributed by atoms with Crippen LogP contribution in [0, 0.1) is 0 Å². The van der Waals surface area contributed by atoms with Gasteiger partial charge in [0.1, 0.15) is 6.10 Å². The Kier molecular flexibility index (Phi) is 5.51. The van der Waals surface area contributed by atoms with Crippen LogP contribution in [-0.4, -0.2) is 21.8 Å². The zero-order valence-corrected chi connectivity index (χ0v) is 12.5. The van der Waals surface area contributed by atoms with Crippen molar-refractivity contribution in [1.29, 1.82) is 0 Å². The highest BCUT2D eigenvalue weighted by Crippen LogP contribution is 2.08. The van der Waals surface area contributed by atoms with E-state index in [2.05, 4.69) is 17.3 Å². The van der Waals surface area contributed by atoms with Gasteiger partial charge in [-0.2, -0.15) is 5.10 Å². The Balaban J connectivity index is 1.81. The lowest BCUT2D eigenvalue weighted by Crippen LogP contribution is -2.27.